The molecule has 0 amide bonds. The topological polar surface area (TPSA) is 61.0 Å². The Morgan fingerprint density at radius 1 is 1.31 bits per heavy atom. The van der Waals surface area contributed by atoms with Crippen molar-refractivity contribution in [3.8, 4) is 17.1 Å². The van der Waals surface area contributed by atoms with Crippen molar-refractivity contribution in [1.82, 2.24) is 9.97 Å². The van der Waals surface area contributed by atoms with Gasteiger partial charge in [-0.05, 0) is 28.1 Å². The zero-order valence-electron chi connectivity index (χ0n) is 8.64. The van der Waals surface area contributed by atoms with E-state index in [0.717, 1.165) is 11.3 Å². The van der Waals surface area contributed by atoms with Crippen LogP contribution >= 0.6 is 15.9 Å². The van der Waals surface area contributed by atoms with Crippen molar-refractivity contribution in [2.45, 2.75) is 0 Å². The Morgan fingerprint density at radius 2 is 2.06 bits per heavy atom. The normalized spacial score (nSPS) is 10.1. The lowest BCUT2D eigenvalue weighted by atomic mass is 10.2. The third-order valence-corrected chi connectivity index (χ3v) is 2.73. The molecule has 1 heterocycles. The first-order valence-corrected chi connectivity index (χ1v) is 5.43. The molecule has 0 aliphatic heterocycles. The first-order chi connectivity index (χ1) is 7.72. The smallest absolute Gasteiger partial charge is 0.165 e. The Hall–Kier alpha value is -1.62. The van der Waals surface area contributed by atoms with Gasteiger partial charge in [-0.2, -0.15) is 0 Å². The van der Waals surface area contributed by atoms with Crippen LogP contribution in [0.15, 0.2) is 34.9 Å². The van der Waals surface area contributed by atoms with Crippen molar-refractivity contribution in [3.63, 3.8) is 0 Å². The van der Waals surface area contributed by atoms with Gasteiger partial charge in [0.1, 0.15) is 11.6 Å². The second kappa shape index (κ2) is 4.49. The molecule has 0 saturated heterocycles. The zero-order valence-corrected chi connectivity index (χ0v) is 10.2. The highest BCUT2D eigenvalue weighted by atomic mass is 79.9. The monoisotopic (exact) mass is 279 g/mol. The van der Waals surface area contributed by atoms with Gasteiger partial charge >= 0.3 is 0 Å². The second-order valence-corrected chi connectivity index (χ2v) is 3.98. The first kappa shape index (κ1) is 10.9. The summed E-state index contributed by atoms with van der Waals surface area (Å²) >= 11 is 3.26. The van der Waals surface area contributed by atoms with Gasteiger partial charge in [0, 0.05) is 6.20 Å². The largest absolute Gasteiger partial charge is 0.496 e. The molecule has 0 bridgehead atoms. The molecule has 4 nitrogen and oxygen atoms in total. The number of ether oxygens (including phenoxy) is 1. The molecule has 0 saturated carbocycles. The van der Waals surface area contributed by atoms with E-state index in [9.17, 15) is 0 Å². The Labute approximate surface area is 102 Å². The van der Waals surface area contributed by atoms with E-state index in [1.165, 1.54) is 0 Å². The number of nitrogens with zero attached hydrogens (tertiary/aromatic N) is 2. The maximum absolute atomic E-state index is 5.71. The fraction of sp³-hybridized carbons (Fsp3) is 0.0909. The molecule has 2 aromatic rings. The van der Waals surface area contributed by atoms with Crippen molar-refractivity contribution in [2.24, 2.45) is 0 Å². The highest BCUT2D eigenvalue weighted by Crippen LogP contribution is 2.28. The van der Waals surface area contributed by atoms with Gasteiger partial charge in [-0.25, -0.2) is 9.97 Å². The van der Waals surface area contributed by atoms with Crippen molar-refractivity contribution in [3.05, 3.63) is 34.9 Å². The molecule has 2 rings (SSSR count). The van der Waals surface area contributed by atoms with Crippen molar-refractivity contribution < 1.29 is 4.74 Å². The van der Waals surface area contributed by atoms with Crippen LogP contribution in [0.3, 0.4) is 0 Å². The van der Waals surface area contributed by atoms with E-state index in [-0.39, 0.29) is 0 Å². The second-order valence-electron chi connectivity index (χ2n) is 3.13. The number of nitrogen functional groups attached to an aromatic ring is 1. The minimum atomic E-state index is 0.413. The summed E-state index contributed by atoms with van der Waals surface area (Å²) in [6, 6.07) is 7.54. The van der Waals surface area contributed by atoms with Crippen LogP contribution in [-0.4, -0.2) is 17.1 Å². The van der Waals surface area contributed by atoms with E-state index in [1.54, 1.807) is 13.3 Å². The van der Waals surface area contributed by atoms with Crippen LogP contribution in [0.4, 0.5) is 5.82 Å². The van der Waals surface area contributed by atoms with E-state index >= 15 is 0 Å². The van der Waals surface area contributed by atoms with Crippen LogP contribution in [-0.2, 0) is 0 Å². The van der Waals surface area contributed by atoms with Gasteiger partial charge < -0.3 is 10.5 Å². The van der Waals surface area contributed by atoms with Gasteiger partial charge in [-0.1, -0.05) is 12.1 Å². The molecule has 0 aliphatic rings. The number of para-hydroxylation sites is 1. The molecule has 5 heteroatoms. The average molecular weight is 280 g/mol. The summed E-state index contributed by atoms with van der Waals surface area (Å²) in [6.07, 6.45) is 1.63. The number of aromatic nitrogens is 2. The van der Waals surface area contributed by atoms with Crippen molar-refractivity contribution >= 4 is 21.7 Å². The fourth-order valence-electron chi connectivity index (χ4n) is 1.34. The summed E-state index contributed by atoms with van der Waals surface area (Å²) in [7, 11) is 1.61. The molecule has 0 unspecified atom stereocenters. The van der Waals surface area contributed by atoms with Crippen LogP contribution in [0.1, 0.15) is 0 Å². The van der Waals surface area contributed by atoms with Gasteiger partial charge in [0.15, 0.2) is 5.82 Å². The average Bonchev–Trinajstić information content (AvgIpc) is 2.32. The first-order valence-electron chi connectivity index (χ1n) is 4.64. The third-order valence-electron chi connectivity index (χ3n) is 2.12. The number of hydrogen-bond acceptors (Lipinski definition) is 4. The summed E-state index contributed by atoms with van der Waals surface area (Å²) in [4.78, 5) is 8.39. The summed E-state index contributed by atoms with van der Waals surface area (Å²) < 4.78 is 5.92. The molecule has 16 heavy (non-hydrogen) atoms. The lowest BCUT2D eigenvalue weighted by Gasteiger charge is -2.07. The van der Waals surface area contributed by atoms with Crippen molar-refractivity contribution in [1.29, 1.82) is 0 Å². The lowest BCUT2D eigenvalue weighted by molar-refractivity contribution is 0.416. The molecule has 0 atom stereocenters. The molecule has 2 N–H and O–H groups in total. The maximum Gasteiger partial charge on any atom is 0.165 e. The Kier molecular flexibility index (Phi) is 3.05. The predicted molar refractivity (Wildman–Crippen MR) is 66.1 cm³/mol. The van der Waals surface area contributed by atoms with E-state index < -0.39 is 0 Å². The Bertz CT molecular complexity index is 516. The van der Waals surface area contributed by atoms with Gasteiger partial charge in [0.25, 0.3) is 0 Å². The van der Waals surface area contributed by atoms with E-state index in [1.807, 2.05) is 24.3 Å². The number of hydrogen-bond donors (Lipinski definition) is 1. The number of nitrogens with two attached hydrogens (primary N) is 1. The Morgan fingerprint density at radius 3 is 2.75 bits per heavy atom. The molecule has 0 spiro atoms. The summed E-state index contributed by atoms with van der Waals surface area (Å²) in [5.74, 6) is 1.69. The quantitative estimate of drug-likeness (QED) is 0.918. The Balaban J connectivity index is 2.54. The van der Waals surface area contributed by atoms with Gasteiger partial charge in [0.05, 0.1) is 17.1 Å². The fourth-order valence-corrected chi connectivity index (χ4v) is 1.53. The van der Waals surface area contributed by atoms with Crippen LogP contribution < -0.4 is 10.5 Å². The van der Waals surface area contributed by atoms with E-state index in [0.29, 0.717) is 16.1 Å². The molecule has 82 valence electrons. The summed E-state index contributed by atoms with van der Waals surface area (Å²) in [5, 5.41) is 0. The summed E-state index contributed by atoms with van der Waals surface area (Å²) in [5.41, 5.74) is 6.53. The number of anilines is 1. The van der Waals surface area contributed by atoms with Gasteiger partial charge in [-0.15, -0.1) is 0 Å². The highest BCUT2D eigenvalue weighted by Gasteiger charge is 2.09. The predicted octanol–water partition coefficient (Wildman–Crippen LogP) is 2.50. The van der Waals surface area contributed by atoms with Crippen molar-refractivity contribution in [2.75, 3.05) is 12.8 Å². The number of methoxy groups -OCH3 is 1. The molecule has 0 aliphatic carbocycles. The van der Waals surface area contributed by atoms with Crippen LogP contribution in [0, 0.1) is 0 Å². The molecule has 1 aromatic carbocycles. The minimum Gasteiger partial charge on any atom is -0.496 e. The maximum atomic E-state index is 5.71. The van der Waals surface area contributed by atoms with Crippen LogP contribution in [0.5, 0.6) is 5.75 Å². The molecule has 0 fully saturated rings. The SMILES string of the molecule is COc1ccccc1-c1ncc(Br)c(N)n1. The zero-order chi connectivity index (χ0) is 11.5. The summed E-state index contributed by atoms with van der Waals surface area (Å²) in [6.45, 7) is 0. The van der Waals surface area contributed by atoms with E-state index in [2.05, 4.69) is 25.9 Å². The molecule has 1 aromatic heterocycles. The molecular weight excluding hydrogens is 270 g/mol. The standard InChI is InChI=1S/C11H10BrN3O/c1-16-9-5-3-2-4-7(9)11-14-6-8(12)10(13)15-11/h2-6H,1H3,(H2,13,14,15). The third kappa shape index (κ3) is 1.99. The minimum absolute atomic E-state index is 0.413. The number of rotatable bonds is 2. The lowest BCUT2D eigenvalue weighted by Crippen LogP contribution is -1.97. The number of halogens is 1. The number of benzene rings is 1. The van der Waals surface area contributed by atoms with Crippen LogP contribution in [0.2, 0.25) is 0 Å². The highest BCUT2D eigenvalue weighted by molar-refractivity contribution is 9.10. The molecular formula is C11H10BrN3O. The van der Waals surface area contributed by atoms with Crippen LogP contribution in [0.25, 0.3) is 11.4 Å². The van der Waals surface area contributed by atoms with Gasteiger partial charge in [-0.3, -0.25) is 0 Å². The van der Waals surface area contributed by atoms with E-state index in [4.69, 9.17) is 10.5 Å². The van der Waals surface area contributed by atoms with Gasteiger partial charge in [0.2, 0.25) is 0 Å². The molecule has 0 radical (unpaired) electrons.